The van der Waals surface area contributed by atoms with Gasteiger partial charge in [0, 0.05) is 5.41 Å². The molecule has 17 heavy (non-hydrogen) atoms. The molecular formula is C15H28O2. The van der Waals surface area contributed by atoms with Crippen LogP contribution in [0.15, 0.2) is 0 Å². The van der Waals surface area contributed by atoms with Crippen LogP contribution in [0.25, 0.3) is 0 Å². The third-order valence-electron chi connectivity index (χ3n) is 4.93. The van der Waals surface area contributed by atoms with Crippen molar-refractivity contribution in [1.29, 1.82) is 0 Å². The van der Waals surface area contributed by atoms with Crippen molar-refractivity contribution in [2.24, 2.45) is 16.7 Å². The Kier molecular flexibility index (Phi) is 3.84. The van der Waals surface area contributed by atoms with E-state index in [2.05, 4.69) is 27.7 Å². The summed E-state index contributed by atoms with van der Waals surface area (Å²) in [5, 5.41) is 0. The van der Waals surface area contributed by atoms with Crippen molar-refractivity contribution in [3.63, 3.8) is 0 Å². The Bertz CT molecular complexity index is 250. The Hall–Kier alpha value is -0.0800. The molecule has 0 aromatic carbocycles. The average molecular weight is 240 g/mol. The quantitative estimate of drug-likeness (QED) is 0.747. The number of ether oxygens (including phenoxy) is 2. The van der Waals surface area contributed by atoms with Crippen molar-refractivity contribution >= 4 is 0 Å². The first-order chi connectivity index (χ1) is 7.97. The lowest BCUT2D eigenvalue weighted by Crippen LogP contribution is -2.48. The van der Waals surface area contributed by atoms with Crippen LogP contribution >= 0.6 is 0 Å². The monoisotopic (exact) mass is 240 g/mol. The summed E-state index contributed by atoms with van der Waals surface area (Å²) in [6.07, 6.45) is 5.50. The highest BCUT2D eigenvalue weighted by molar-refractivity contribution is 4.89. The molecule has 2 aliphatic rings. The summed E-state index contributed by atoms with van der Waals surface area (Å²) in [6, 6.07) is 0. The summed E-state index contributed by atoms with van der Waals surface area (Å²) >= 11 is 0. The molecule has 1 aliphatic carbocycles. The van der Waals surface area contributed by atoms with Crippen molar-refractivity contribution in [1.82, 2.24) is 0 Å². The van der Waals surface area contributed by atoms with Gasteiger partial charge < -0.3 is 9.47 Å². The Morgan fingerprint density at radius 2 is 2.00 bits per heavy atom. The van der Waals surface area contributed by atoms with Gasteiger partial charge in [0.1, 0.15) is 0 Å². The fourth-order valence-corrected chi connectivity index (χ4v) is 2.93. The second-order valence-corrected chi connectivity index (χ2v) is 7.01. The lowest BCUT2D eigenvalue weighted by molar-refractivity contribution is -0.178. The highest BCUT2D eigenvalue weighted by Gasteiger charge is 2.41. The summed E-state index contributed by atoms with van der Waals surface area (Å²) in [5.41, 5.74) is 0.683. The molecule has 0 aromatic heterocycles. The molecule has 0 aromatic rings. The Morgan fingerprint density at radius 1 is 1.29 bits per heavy atom. The fourth-order valence-electron chi connectivity index (χ4n) is 2.93. The SMILES string of the molecule is CCC1(COC2CC(C)CCC2(C)C)COC1. The minimum Gasteiger partial charge on any atom is -0.380 e. The molecule has 0 radical (unpaired) electrons. The zero-order valence-electron chi connectivity index (χ0n) is 11.9. The van der Waals surface area contributed by atoms with Crippen molar-refractivity contribution in [3.8, 4) is 0 Å². The van der Waals surface area contributed by atoms with Crippen LogP contribution in [0.1, 0.15) is 53.4 Å². The Morgan fingerprint density at radius 3 is 2.53 bits per heavy atom. The van der Waals surface area contributed by atoms with Gasteiger partial charge in [-0.1, -0.05) is 34.1 Å². The third-order valence-corrected chi connectivity index (χ3v) is 4.93. The Balaban J connectivity index is 1.88. The molecule has 0 bridgehead atoms. The van der Waals surface area contributed by atoms with E-state index < -0.39 is 0 Å². The van der Waals surface area contributed by atoms with E-state index in [1.54, 1.807) is 0 Å². The van der Waals surface area contributed by atoms with E-state index in [-0.39, 0.29) is 0 Å². The molecule has 1 saturated heterocycles. The van der Waals surface area contributed by atoms with Crippen LogP contribution < -0.4 is 0 Å². The van der Waals surface area contributed by atoms with Crippen LogP contribution in [0.2, 0.25) is 0 Å². The summed E-state index contributed by atoms with van der Waals surface area (Å²) in [7, 11) is 0. The molecule has 2 unspecified atom stereocenters. The van der Waals surface area contributed by atoms with Crippen LogP contribution in [0.3, 0.4) is 0 Å². The normalized spacial score (nSPS) is 35.3. The summed E-state index contributed by atoms with van der Waals surface area (Å²) < 4.78 is 11.6. The second-order valence-electron chi connectivity index (χ2n) is 7.01. The van der Waals surface area contributed by atoms with Gasteiger partial charge in [0.15, 0.2) is 0 Å². The van der Waals surface area contributed by atoms with Gasteiger partial charge in [-0.25, -0.2) is 0 Å². The van der Waals surface area contributed by atoms with E-state index >= 15 is 0 Å². The van der Waals surface area contributed by atoms with E-state index in [1.165, 1.54) is 25.7 Å². The molecule has 0 spiro atoms. The van der Waals surface area contributed by atoms with Gasteiger partial charge in [-0.3, -0.25) is 0 Å². The molecule has 0 N–H and O–H groups in total. The van der Waals surface area contributed by atoms with Crippen LogP contribution in [0, 0.1) is 16.7 Å². The summed E-state index contributed by atoms with van der Waals surface area (Å²) in [5.74, 6) is 0.822. The van der Waals surface area contributed by atoms with Gasteiger partial charge >= 0.3 is 0 Å². The topological polar surface area (TPSA) is 18.5 Å². The molecule has 2 fully saturated rings. The summed E-state index contributed by atoms with van der Waals surface area (Å²) in [6.45, 7) is 12.0. The van der Waals surface area contributed by atoms with Crippen molar-refractivity contribution < 1.29 is 9.47 Å². The zero-order valence-corrected chi connectivity index (χ0v) is 11.9. The summed E-state index contributed by atoms with van der Waals surface area (Å²) in [4.78, 5) is 0. The number of rotatable bonds is 4. The van der Waals surface area contributed by atoms with Crippen molar-refractivity contribution in [2.45, 2.75) is 59.5 Å². The van der Waals surface area contributed by atoms with Gasteiger partial charge in [0.05, 0.1) is 25.9 Å². The minimum absolute atomic E-state index is 0.330. The predicted molar refractivity (Wildman–Crippen MR) is 70.1 cm³/mol. The first kappa shape index (κ1) is 13.4. The molecule has 100 valence electrons. The highest BCUT2D eigenvalue weighted by Crippen LogP contribution is 2.41. The largest absolute Gasteiger partial charge is 0.380 e. The zero-order chi connectivity index (χ0) is 12.5. The maximum absolute atomic E-state index is 6.29. The van der Waals surface area contributed by atoms with Crippen LogP contribution in [0.5, 0.6) is 0 Å². The standard InChI is InChI=1S/C15H28O2/c1-5-15(9-16-10-15)11-17-13-8-12(2)6-7-14(13,3)4/h12-13H,5-11H2,1-4H3. The molecule has 1 aliphatic heterocycles. The van der Waals surface area contributed by atoms with Gasteiger partial charge in [-0.05, 0) is 30.6 Å². The highest BCUT2D eigenvalue weighted by atomic mass is 16.5. The van der Waals surface area contributed by atoms with Crippen LogP contribution in [0.4, 0.5) is 0 Å². The lowest BCUT2D eigenvalue weighted by Gasteiger charge is -2.45. The molecule has 1 heterocycles. The molecule has 2 nitrogen and oxygen atoms in total. The van der Waals surface area contributed by atoms with E-state index in [0.29, 0.717) is 16.9 Å². The molecule has 1 saturated carbocycles. The van der Waals surface area contributed by atoms with Gasteiger partial charge in [0.2, 0.25) is 0 Å². The maximum atomic E-state index is 6.29. The molecule has 2 rings (SSSR count). The van der Waals surface area contributed by atoms with E-state index in [1.807, 2.05) is 0 Å². The first-order valence-corrected chi connectivity index (χ1v) is 7.17. The van der Waals surface area contributed by atoms with Gasteiger partial charge in [0.25, 0.3) is 0 Å². The lowest BCUT2D eigenvalue weighted by atomic mass is 9.71. The van der Waals surface area contributed by atoms with E-state index in [0.717, 1.165) is 25.7 Å². The maximum Gasteiger partial charge on any atom is 0.0628 e. The van der Waals surface area contributed by atoms with E-state index in [4.69, 9.17) is 9.47 Å². The van der Waals surface area contributed by atoms with E-state index in [9.17, 15) is 0 Å². The molecule has 0 amide bonds. The molecule has 2 heteroatoms. The molecule has 2 atom stereocenters. The minimum atomic E-state index is 0.330. The number of hydrogen-bond acceptors (Lipinski definition) is 2. The average Bonchev–Trinajstić information content (AvgIpc) is 2.22. The fraction of sp³-hybridized carbons (Fsp3) is 1.00. The smallest absolute Gasteiger partial charge is 0.0628 e. The first-order valence-electron chi connectivity index (χ1n) is 7.17. The van der Waals surface area contributed by atoms with Gasteiger partial charge in [-0.15, -0.1) is 0 Å². The van der Waals surface area contributed by atoms with Crippen molar-refractivity contribution in [3.05, 3.63) is 0 Å². The second kappa shape index (κ2) is 4.89. The van der Waals surface area contributed by atoms with Crippen LogP contribution in [-0.4, -0.2) is 25.9 Å². The number of hydrogen-bond donors (Lipinski definition) is 0. The third kappa shape index (κ3) is 2.85. The van der Waals surface area contributed by atoms with Gasteiger partial charge in [-0.2, -0.15) is 0 Å². The Labute approximate surface area is 106 Å². The van der Waals surface area contributed by atoms with Crippen molar-refractivity contribution in [2.75, 3.05) is 19.8 Å². The van der Waals surface area contributed by atoms with Crippen LogP contribution in [-0.2, 0) is 9.47 Å². The molecular weight excluding hydrogens is 212 g/mol. The predicted octanol–water partition coefficient (Wildman–Crippen LogP) is 3.64.